The lowest BCUT2D eigenvalue weighted by Crippen LogP contribution is -2.45. The van der Waals surface area contributed by atoms with Crippen LogP contribution in [0.15, 0.2) is 6.20 Å². The summed E-state index contributed by atoms with van der Waals surface area (Å²) in [5.41, 5.74) is 6.45. The zero-order valence-electron chi connectivity index (χ0n) is 13.3. The summed E-state index contributed by atoms with van der Waals surface area (Å²) in [6, 6.07) is 0.427. The van der Waals surface area contributed by atoms with Crippen molar-refractivity contribution in [2.45, 2.75) is 31.2 Å². The number of morpholine rings is 1. The standard InChI is InChI=1S/C16H23N5O2/c17-14-13(9-18-15(19-14)11-1-2-11)16(22)21-4-3-12(10-21)20-5-7-23-8-6-20/h9,11-12H,1-8,10H2,(H2,17,18,19). The average Bonchev–Trinajstić information content (AvgIpc) is 3.32. The van der Waals surface area contributed by atoms with Crippen LogP contribution in [0.4, 0.5) is 5.82 Å². The predicted molar refractivity (Wildman–Crippen MR) is 85.1 cm³/mol. The minimum Gasteiger partial charge on any atom is -0.383 e. The van der Waals surface area contributed by atoms with Crippen molar-refractivity contribution >= 4 is 11.7 Å². The second-order valence-electron chi connectivity index (χ2n) is 6.64. The lowest BCUT2D eigenvalue weighted by molar-refractivity contribution is 0.0185. The van der Waals surface area contributed by atoms with E-state index >= 15 is 0 Å². The molecule has 1 aromatic rings. The van der Waals surface area contributed by atoms with E-state index in [1.807, 2.05) is 4.90 Å². The molecule has 2 saturated heterocycles. The lowest BCUT2D eigenvalue weighted by atomic mass is 10.2. The summed E-state index contributed by atoms with van der Waals surface area (Å²) in [6.07, 6.45) is 4.87. The number of hydrogen-bond donors (Lipinski definition) is 1. The van der Waals surface area contributed by atoms with Crippen molar-refractivity contribution in [3.8, 4) is 0 Å². The van der Waals surface area contributed by atoms with E-state index in [0.29, 0.717) is 23.3 Å². The fourth-order valence-corrected chi connectivity index (χ4v) is 3.45. The van der Waals surface area contributed by atoms with Crippen LogP contribution in [0.1, 0.15) is 41.4 Å². The normalized spacial score (nSPS) is 25.7. The van der Waals surface area contributed by atoms with Gasteiger partial charge in [-0.15, -0.1) is 0 Å². The zero-order chi connectivity index (χ0) is 15.8. The molecular formula is C16H23N5O2. The smallest absolute Gasteiger partial charge is 0.259 e. The van der Waals surface area contributed by atoms with E-state index < -0.39 is 0 Å². The average molecular weight is 317 g/mol. The first-order valence-electron chi connectivity index (χ1n) is 8.46. The number of hydrogen-bond acceptors (Lipinski definition) is 6. The highest BCUT2D eigenvalue weighted by Gasteiger charge is 2.33. The Balaban J connectivity index is 1.43. The molecule has 2 aliphatic heterocycles. The molecule has 1 aliphatic carbocycles. The first kappa shape index (κ1) is 14.8. The molecule has 4 rings (SSSR count). The van der Waals surface area contributed by atoms with Gasteiger partial charge in [0.2, 0.25) is 0 Å². The highest BCUT2D eigenvalue weighted by molar-refractivity contribution is 5.98. The predicted octanol–water partition coefficient (Wildman–Crippen LogP) is 0.483. The largest absolute Gasteiger partial charge is 0.383 e. The van der Waals surface area contributed by atoms with Crippen LogP contribution in [0.25, 0.3) is 0 Å². The third-order valence-corrected chi connectivity index (χ3v) is 5.02. The van der Waals surface area contributed by atoms with E-state index in [4.69, 9.17) is 10.5 Å². The molecule has 0 aromatic carbocycles. The lowest BCUT2D eigenvalue weighted by Gasteiger charge is -2.32. The Kier molecular flexibility index (Phi) is 3.90. The molecule has 3 fully saturated rings. The van der Waals surface area contributed by atoms with Gasteiger partial charge in [0.15, 0.2) is 0 Å². The van der Waals surface area contributed by atoms with Gasteiger partial charge < -0.3 is 15.4 Å². The Morgan fingerprint density at radius 3 is 2.70 bits per heavy atom. The van der Waals surface area contributed by atoms with Gasteiger partial charge in [-0.2, -0.15) is 0 Å². The van der Waals surface area contributed by atoms with Gasteiger partial charge in [0.05, 0.1) is 13.2 Å². The maximum absolute atomic E-state index is 12.7. The summed E-state index contributed by atoms with van der Waals surface area (Å²) < 4.78 is 5.40. The van der Waals surface area contributed by atoms with E-state index in [2.05, 4.69) is 14.9 Å². The minimum absolute atomic E-state index is 0.0411. The van der Waals surface area contributed by atoms with Crippen LogP contribution in [-0.4, -0.2) is 71.1 Å². The summed E-state index contributed by atoms with van der Waals surface area (Å²) in [5.74, 6) is 1.51. The van der Waals surface area contributed by atoms with E-state index in [1.165, 1.54) is 0 Å². The Morgan fingerprint density at radius 2 is 2.00 bits per heavy atom. The second-order valence-corrected chi connectivity index (χ2v) is 6.64. The van der Waals surface area contributed by atoms with Gasteiger partial charge in [0, 0.05) is 44.3 Å². The molecule has 23 heavy (non-hydrogen) atoms. The van der Waals surface area contributed by atoms with Gasteiger partial charge in [0.1, 0.15) is 17.2 Å². The number of carbonyl (C=O) groups excluding carboxylic acids is 1. The van der Waals surface area contributed by atoms with Crippen molar-refractivity contribution in [3.05, 3.63) is 17.6 Å². The topological polar surface area (TPSA) is 84.6 Å². The van der Waals surface area contributed by atoms with Crippen LogP contribution in [0, 0.1) is 0 Å². The van der Waals surface area contributed by atoms with Gasteiger partial charge in [-0.3, -0.25) is 9.69 Å². The van der Waals surface area contributed by atoms with Crippen LogP contribution in [0.5, 0.6) is 0 Å². The first-order valence-corrected chi connectivity index (χ1v) is 8.46. The van der Waals surface area contributed by atoms with Crippen molar-refractivity contribution in [2.24, 2.45) is 0 Å². The summed E-state index contributed by atoms with van der Waals surface area (Å²) in [6.45, 7) is 5.00. The SMILES string of the molecule is Nc1nc(C2CC2)ncc1C(=O)N1CCC(N2CCOCC2)C1. The van der Waals surface area contributed by atoms with Gasteiger partial charge in [-0.1, -0.05) is 0 Å². The van der Waals surface area contributed by atoms with Crippen molar-refractivity contribution in [3.63, 3.8) is 0 Å². The maximum atomic E-state index is 12.7. The van der Waals surface area contributed by atoms with Crippen molar-refractivity contribution in [1.82, 2.24) is 19.8 Å². The molecule has 3 heterocycles. The number of amides is 1. The monoisotopic (exact) mass is 317 g/mol. The molecule has 1 saturated carbocycles. The number of ether oxygens (including phenoxy) is 1. The molecule has 7 heteroatoms. The number of rotatable bonds is 3. The van der Waals surface area contributed by atoms with Crippen molar-refractivity contribution < 1.29 is 9.53 Å². The van der Waals surface area contributed by atoms with Crippen molar-refractivity contribution in [2.75, 3.05) is 45.1 Å². The van der Waals surface area contributed by atoms with E-state index in [9.17, 15) is 4.79 Å². The number of nitrogens with zero attached hydrogens (tertiary/aromatic N) is 4. The fraction of sp³-hybridized carbons (Fsp3) is 0.688. The molecule has 0 spiro atoms. The summed E-state index contributed by atoms with van der Waals surface area (Å²) in [5, 5.41) is 0. The van der Waals surface area contributed by atoms with Crippen LogP contribution in [0.3, 0.4) is 0 Å². The summed E-state index contributed by atoms with van der Waals surface area (Å²) >= 11 is 0. The molecule has 1 amide bonds. The van der Waals surface area contributed by atoms with Crippen LogP contribution in [0.2, 0.25) is 0 Å². The molecule has 0 bridgehead atoms. The Hall–Kier alpha value is -1.73. The van der Waals surface area contributed by atoms with E-state index in [1.54, 1.807) is 6.20 Å². The van der Waals surface area contributed by atoms with E-state index in [0.717, 1.165) is 64.5 Å². The Morgan fingerprint density at radius 1 is 1.22 bits per heavy atom. The third kappa shape index (κ3) is 3.03. The first-order chi connectivity index (χ1) is 11.2. The molecule has 124 valence electrons. The highest BCUT2D eigenvalue weighted by Crippen LogP contribution is 2.38. The number of likely N-dealkylation sites (tertiary alicyclic amines) is 1. The van der Waals surface area contributed by atoms with Gasteiger partial charge in [0.25, 0.3) is 5.91 Å². The maximum Gasteiger partial charge on any atom is 0.259 e. The molecule has 1 atom stereocenters. The number of nitrogen functional groups attached to an aromatic ring is 1. The van der Waals surface area contributed by atoms with Crippen LogP contribution >= 0.6 is 0 Å². The molecule has 3 aliphatic rings. The number of nitrogens with two attached hydrogens (primary N) is 1. The van der Waals surface area contributed by atoms with Crippen LogP contribution in [-0.2, 0) is 4.74 Å². The van der Waals surface area contributed by atoms with Crippen molar-refractivity contribution in [1.29, 1.82) is 0 Å². The summed E-state index contributed by atoms with van der Waals surface area (Å²) in [7, 11) is 0. The van der Waals surface area contributed by atoms with Gasteiger partial charge in [-0.25, -0.2) is 9.97 Å². The molecular weight excluding hydrogens is 294 g/mol. The molecule has 1 unspecified atom stereocenters. The number of anilines is 1. The molecule has 1 aromatic heterocycles. The Labute approximate surface area is 135 Å². The quantitative estimate of drug-likeness (QED) is 0.873. The second kappa shape index (κ2) is 6.05. The number of carbonyl (C=O) groups is 1. The minimum atomic E-state index is -0.0411. The highest BCUT2D eigenvalue weighted by atomic mass is 16.5. The summed E-state index contributed by atoms with van der Waals surface area (Å²) in [4.78, 5) is 25.7. The van der Waals surface area contributed by atoms with E-state index in [-0.39, 0.29) is 5.91 Å². The molecule has 0 radical (unpaired) electrons. The van der Waals surface area contributed by atoms with Crippen LogP contribution < -0.4 is 5.73 Å². The molecule has 7 nitrogen and oxygen atoms in total. The van der Waals surface area contributed by atoms with Gasteiger partial charge >= 0.3 is 0 Å². The molecule has 2 N–H and O–H groups in total. The van der Waals surface area contributed by atoms with Gasteiger partial charge in [-0.05, 0) is 19.3 Å². The Bertz CT molecular complexity index is 598. The number of aromatic nitrogens is 2. The zero-order valence-corrected chi connectivity index (χ0v) is 13.3. The third-order valence-electron chi connectivity index (χ3n) is 5.02. The fourth-order valence-electron chi connectivity index (χ4n) is 3.45.